The van der Waals surface area contributed by atoms with Gasteiger partial charge in [-0.05, 0) is 19.1 Å². The van der Waals surface area contributed by atoms with E-state index >= 15 is 0 Å². The van der Waals surface area contributed by atoms with E-state index < -0.39 is 0 Å². The van der Waals surface area contributed by atoms with Crippen LogP contribution in [0, 0.1) is 18.5 Å². The molecule has 45 valence electrons. The molecule has 0 spiro atoms. The number of nitrogens with one attached hydrogen (secondary N) is 1. The third kappa shape index (κ3) is 1.35. The molecule has 0 saturated carbocycles. The number of nitrogens with zero attached hydrogens (tertiary/aromatic N) is 1. The van der Waals surface area contributed by atoms with Crippen molar-refractivity contribution in [1.29, 1.82) is 5.41 Å². The van der Waals surface area contributed by atoms with Crippen LogP contribution in [0.3, 0.4) is 0 Å². The summed E-state index contributed by atoms with van der Waals surface area (Å²) in [5.74, 6) is 0. The monoisotopic (exact) mass is 119 g/mol. The van der Waals surface area contributed by atoms with Gasteiger partial charge in [-0.25, -0.2) is 0 Å². The fourth-order valence-electron chi connectivity index (χ4n) is 0.502. The van der Waals surface area contributed by atoms with Crippen molar-refractivity contribution in [2.24, 2.45) is 0 Å². The Morgan fingerprint density at radius 3 is 3.22 bits per heavy atom. The lowest BCUT2D eigenvalue weighted by Gasteiger charge is -1.75. The Morgan fingerprint density at radius 2 is 2.44 bits per heavy atom. The normalized spacial score (nSPS) is 9.00. The van der Waals surface area contributed by atoms with Crippen LogP contribution in [0.5, 0.6) is 0 Å². The summed E-state index contributed by atoms with van der Waals surface area (Å²) in [7, 11) is 0. The Labute approximate surface area is 53.7 Å². The largest absolute Gasteiger partial charge is 0.301 e. The van der Waals surface area contributed by atoms with Crippen LogP contribution >= 0.6 is 0 Å². The lowest BCUT2D eigenvalue weighted by Crippen LogP contribution is -1.97. The second kappa shape index (κ2) is 2.40. The predicted molar refractivity (Wildman–Crippen MR) is 33.7 cm³/mol. The van der Waals surface area contributed by atoms with Gasteiger partial charge in [0.1, 0.15) is 0 Å². The quantitative estimate of drug-likeness (QED) is 0.535. The van der Waals surface area contributed by atoms with E-state index in [1.807, 2.05) is 6.92 Å². The zero-order chi connectivity index (χ0) is 6.69. The van der Waals surface area contributed by atoms with Gasteiger partial charge in [-0.3, -0.25) is 4.98 Å². The van der Waals surface area contributed by atoms with Crippen LogP contribution in [-0.4, -0.2) is 4.98 Å². The number of aromatic nitrogens is 1. The first-order valence-electron chi connectivity index (χ1n) is 2.69. The second-order valence-electron chi connectivity index (χ2n) is 1.79. The molecule has 0 unspecified atom stereocenters. The third-order valence-corrected chi connectivity index (χ3v) is 1.06. The number of rotatable bonds is 0. The Morgan fingerprint density at radius 1 is 1.67 bits per heavy atom. The van der Waals surface area contributed by atoms with Crippen molar-refractivity contribution >= 4 is 0 Å². The topological polar surface area (TPSA) is 36.7 Å². The van der Waals surface area contributed by atoms with Gasteiger partial charge in [-0.2, -0.15) is 0 Å². The van der Waals surface area contributed by atoms with E-state index in [9.17, 15) is 0 Å². The van der Waals surface area contributed by atoms with Crippen LogP contribution < -0.4 is 5.36 Å². The van der Waals surface area contributed by atoms with Crippen LogP contribution in [0.1, 0.15) is 5.56 Å². The van der Waals surface area contributed by atoms with Gasteiger partial charge >= 0.3 is 0 Å². The molecule has 0 fully saturated rings. The molecule has 0 aliphatic rings. The minimum Gasteiger partial charge on any atom is -0.301 e. The summed E-state index contributed by atoms with van der Waals surface area (Å²) in [6, 6.07) is 3.42. The van der Waals surface area contributed by atoms with E-state index in [4.69, 9.17) is 5.41 Å². The van der Waals surface area contributed by atoms with Crippen LogP contribution in [0.15, 0.2) is 18.3 Å². The van der Waals surface area contributed by atoms with Gasteiger partial charge in [-0.1, -0.05) is 0 Å². The molecule has 1 aromatic heterocycles. The Hall–Kier alpha value is -1.18. The van der Waals surface area contributed by atoms with Crippen LogP contribution in [0.25, 0.3) is 0 Å². The maximum Gasteiger partial charge on any atom is 0.0939 e. The van der Waals surface area contributed by atoms with E-state index in [0.717, 1.165) is 5.56 Å². The minimum atomic E-state index is 0.479. The molecule has 1 rings (SSSR count). The maximum absolute atomic E-state index is 7.27. The van der Waals surface area contributed by atoms with Gasteiger partial charge in [0.15, 0.2) is 0 Å². The molecule has 9 heavy (non-hydrogen) atoms. The van der Waals surface area contributed by atoms with Crippen molar-refractivity contribution in [3.63, 3.8) is 0 Å². The molecule has 1 N–H and O–H groups in total. The van der Waals surface area contributed by atoms with E-state index in [1.54, 1.807) is 18.3 Å². The van der Waals surface area contributed by atoms with Crippen molar-refractivity contribution < 1.29 is 0 Å². The summed E-state index contributed by atoms with van der Waals surface area (Å²) in [5, 5.41) is 7.75. The standard InChI is InChI=1S/C7H7N2/c1-6-5-9-4-2-3-7(6)8/h2-4,8H,1H3. The lowest BCUT2D eigenvalue weighted by molar-refractivity contribution is 1.20. The molecule has 1 aromatic rings. The number of hydrogen-bond donors (Lipinski definition) is 1. The summed E-state index contributed by atoms with van der Waals surface area (Å²) in [6.07, 6.45) is 4.31. The molecule has 0 aromatic carbocycles. The van der Waals surface area contributed by atoms with Crippen LogP contribution in [-0.2, 0) is 0 Å². The molecule has 0 saturated heterocycles. The molecule has 2 heteroatoms. The number of aryl methyl sites for hydroxylation is 1. The lowest BCUT2D eigenvalue weighted by atomic mass is 10.3. The molecule has 1 radical (unpaired) electrons. The molecule has 0 aliphatic carbocycles. The van der Waals surface area contributed by atoms with Crippen molar-refractivity contribution in [3.8, 4) is 0 Å². The van der Waals surface area contributed by atoms with Crippen molar-refractivity contribution in [2.45, 2.75) is 6.92 Å². The highest BCUT2D eigenvalue weighted by Crippen LogP contribution is 1.77. The minimum absolute atomic E-state index is 0.479. The first-order chi connectivity index (χ1) is 4.30. The van der Waals surface area contributed by atoms with Gasteiger partial charge < -0.3 is 5.41 Å². The van der Waals surface area contributed by atoms with Gasteiger partial charge in [0.05, 0.1) is 11.6 Å². The average molecular weight is 119 g/mol. The van der Waals surface area contributed by atoms with E-state index in [-0.39, 0.29) is 0 Å². The molecule has 2 nitrogen and oxygen atoms in total. The summed E-state index contributed by atoms with van der Waals surface area (Å²) in [5.41, 5.74) is 0.778. The first kappa shape index (κ1) is 5.95. The Kier molecular flexibility index (Phi) is 1.58. The maximum atomic E-state index is 7.27. The fourth-order valence-corrected chi connectivity index (χ4v) is 0.502. The van der Waals surface area contributed by atoms with Gasteiger partial charge in [-0.15, -0.1) is 0 Å². The van der Waals surface area contributed by atoms with Gasteiger partial charge in [0, 0.05) is 11.8 Å². The molecular weight excluding hydrogens is 112 g/mol. The van der Waals surface area contributed by atoms with Gasteiger partial charge in [0.25, 0.3) is 0 Å². The second-order valence-corrected chi connectivity index (χ2v) is 1.79. The van der Waals surface area contributed by atoms with Crippen LogP contribution in [0.2, 0.25) is 0 Å². The summed E-state index contributed by atoms with van der Waals surface area (Å²) in [6.45, 7) is 1.81. The summed E-state index contributed by atoms with van der Waals surface area (Å²) < 4.78 is 0. The molecule has 1 heterocycles. The van der Waals surface area contributed by atoms with Gasteiger partial charge in [0.2, 0.25) is 0 Å². The fraction of sp³-hybridized carbons (Fsp3) is 0.143. The van der Waals surface area contributed by atoms with Crippen molar-refractivity contribution in [3.05, 3.63) is 35.4 Å². The SMILES string of the molecule is Cc1[c]ncccc1=N. The van der Waals surface area contributed by atoms with E-state index in [0.29, 0.717) is 5.36 Å². The molecule has 0 amide bonds. The van der Waals surface area contributed by atoms with E-state index in [2.05, 4.69) is 11.2 Å². The Bertz CT molecular complexity index is 255. The highest BCUT2D eigenvalue weighted by molar-refractivity contribution is 5.02. The smallest absolute Gasteiger partial charge is 0.0939 e. The third-order valence-electron chi connectivity index (χ3n) is 1.06. The molecule has 0 atom stereocenters. The number of hydrogen-bond acceptors (Lipinski definition) is 2. The summed E-state index contributed by atoms with van der Waals surface area (Å²) >= 11 is 0. The predicted octanol–water partition coefficient (Wildman–Crippen LogP) is 0.670. The highest BCUT2D eigenvalue weighted by atomic mass is 14.6. The van der Waals surface area contributed by atoms with Crippen molar-refractivity contribution in [1.82, 2.24) is 4.98 Å². The summed E-state index contributed by atoms with van der Waals surface area (Å²) in [4.78, 5) is 3.76. The highest BCUT2D eigenvalue weighted by Gasteiger charge is 1.81. The van der Waals surface area contributed by atoms with Crippen LogP contribution in [0.4, 0.5) is 0 Å². The molecule has 0 aliphatic heterocycles. The average Bonchev–Trinajstić information content (AvgIpc) is 1.99. The van der Waals surface area contributed by atoms with Crippen molar-refractivity contribution in [2.75, 3.05) is 0 Å². The Balaban J connectivity index is 3.42. The molecular formula is C7H7N2. The molecule has 0 bridgehead atoms. The van der Waals surface area contributed by atoms with E-state index in [1.165, 1.54) is 0 Å². The zero-order valence-corrected chi connectivity index (χ0v) is 5.18. The first-order valence-corrected chi connectivity index (χ1v) is 2.69. The zero-order valence-electron chi connectivity index (χ0n) is 5.18.